The molecule has 0 unspecified atom stereocenters. The van der Waals surface area contributed by atoms with Crippen molar-refractivity contribution in [1.82, 2.24) is 0 Å². The molecule has 0 atom stereocenters. The summed E-state index contributed by atoms with van der Waals surface area (Å²) in [6.07, 6.45) is 0. The molecular formula is C13H12BrNO3S. The van der Waals surface area contributed by atoms with Crippen molar-refractivity contribution in [3.8, 4) is 11.5 Å². The van der Waals surface area contributed by atoms with Crippen LogP contribution in [0.15, 0.2) is 28.1 Å². The quantitative estimate of drug-likeness (QED) is 0.684. The van der Waals surface area contributed by atoms with Gasteiger partial charge in [-0.25, -0.2) is 0 Å². The van der Waals surface area contributed by atoms with Crippen molar-refractivity contribution < 1.29 is 14.3 Å². The van der Waals surface area contributed by atoms with E-state index in [-0.39, 0.29) is 5.78 Å². The normalized spacial score (nSPS) is 10.3. The Morgan fingerprint density at radius 1 is 1.32 bits per heavy atom. The minimum atomic E-state index is -0.156. The Morgan fingerprint density at radius 2 is 2.05 bits per heavy atom. The Labute approximate surface area is 123 Å². The molecule has 0 aliphatic heterocycles. The number of nitrogens with two attached hydrogens (primary N) is 1. The molecule has 0 saturated carbocycles. The summed E-state index contributed by atoms with van der Waals surface area (Å²) in [6.45, 7) is 0. The number of hydrogen-bond donors (Lipinski definition) is 1. The zero-order valence-corrected chi connectivity index (χ0v) is 12.8. The van der Waals surface area contributed by atoms with Crippen LogP contribution in [-0.2, 0) is 0 Å². The van der Waals surface area contributed by atoms with Gasteiger partial charge in [0.25, 0.3) is 0 Å². The second-order valence-electron chi connectivity index (χ2n) is 3.72. The number of carbonyl (C=O) groups is 1. The number of thiophene rings is 1. The molecule has 0 fully saturated rings. The molecule has 2 rings (SSSR count). The van der Waals surface area contributed by atoms with Crippen LogP contribution in [0.1, 0.15) is 15.2 Å². The topological polar surface area (TPSA) is 61.6 Å². The number of hydrogen-bond acceptors (Lipinski definition) is 5. The molecule has 0 spiro atoms. The minimum Gasteiger partial charge on any atom is -0.497 e. The van der Waals surface area contributed by atoms with Crippen molar-refractivity contribution in [2.45, 2.75) is 0 Å². The first-order valence-corrected chi connectivity index (χ1v) is 7.05. The molecule has 4 nitrogen and oxygen atoms in total. The first kappa shape index (κ1) is 13.9. The van der Waals surface area contributed by atoms with Crippen LogP contribution in [-0.4, -0.2) is 20.0 Å². The minimum absolute atomic E-state index is 0.156. The maximum Gasteiger partial charge on any atom is 0.206 e. The van der Waals surface area contributed by atoms with Crippen LogP contribution in [0.3, 0.4) is 0 Å². The van der Waals surface area contributed by atoms with Crippen LogP contribution >= 0.6 is 27.3 Å². The third kappa shape index (κ3) is 2.59. The van der Waals surface area contributed by atoms with Crippen LogP contribution in [0.25, 0.3) is 0 Å². The van der Waals surface area contributed by atoms with Gasteiger partial charge < -0.3 is 15.2 Å². The summed E-state index contributed by atoms with van der Waals surface area (Å²) in [4.78, 5) is 13.1. The fraction of sp³-hybridized carbons (Fsp3) is 0.154. The lowest BCUT2D eigenvalue weighted by Crippen LogP contribution is -2.06. The number of halogens is 1. The van der Waals surface area contributed by atoms with Crippen molar-refractivity contribution in [3.05, 3.63) is 38.5 Å². The lowest BCUT2D eigenvalue weighted by Gasteiger charge is -2.11. The number of methoxy groups -OCH3 is 2. The van der Waals surface area contributed by atoms with Crippen molar-refractivity contribution in [1.29, 1.82) is 0 Å². The molecule has 0 bridgehead atoms. The zero-order valence-electron chi connectivity index (χ0n) is 10.4. The van der Waals surface area contributed by atoms with Gasteiger partial charge in [-0.1, -0.05) is 0 Å². The number of nitrogen functional groups attached to an aromatic ring is 1. The third-order valence-corrected chi connectivity index (χ3v) is 4.48. The van der Waals surface area contributed by atoms with Crippen molar-refractivity contribution in [2.75, 3.05) is 20.0 Å². The molecule has 100 valence electrons. The van der Waals surface area contributed by atoms with E-state index in [1.165, 1.54) is 25.6 Å². The van der Waals surface area contributed by atoms with E-state index in [1.807, 2.05) is 11.4 Å². The van der Waals surface area contributed by atoms with Gasteiger partial charge in [0.15, 0.2) is 0 Å². The van der Waals surface area contributed by atoms with Gasteiger partial charge in [0.1, 0.15) is 11.5 Å². The van der Waals surface area contributed by atoms with Crippen molar-refractivity contribution in [2.24, 2.45) is 0 Å². The predicted molar refractivity (Wildman–Crippen MR) is 79.4 cm³/mol. The summed E-state index contributed by atoms with van der Waals surface area (Å²) in [5.74, 6) is 0.800. The number of benzene rings is 1. The van der Waals surface area contributed by atoms with Gasteiger partial charge in [-0.2, -0.15) is 0 Å². The Kier molecular flexibility index (Phi) is 4.11. The lowest BCUT2D eigenvalue weighted by molar-refractivity contribution is 0.104. The number of ketones is 1. The fourth-order valence-electron chi connectivity index (χ4n) is 1.65. The monoisotopic (exact) mass is 341 g/mol. The van der Waals surface area contributed by atoms with Crippen molar-refractivity contribution >= 4 is 38.7 Å². The Balaban J connectivity index is 2.55. The standard InChI is InChI=1S/C13H12BrNO3S/c1-17-7-5-8(11(15)10(6-7)18-2)12(16)13-9(14)3-4-19-13/h3-6H,15H2,1-2H3. The first-order chi connectivity index (χ1) is 9.08. The second-order valence-corrected chi connectivity index (χ2v) is 5.49. The SMILES string of the molecule is COc1cc(OC)c(N)c(C(=O)c2sccc2Br)c1. The summed E-state index contributed by atoms with van der Waals surface area (Å²) in [5, 5.41) is 1.84. The van der Waals surface area contributed by atoms with Crippen LogP contribution in [0.5, 0.6) is 11.5 Å². The molecule has 0 amide bonds. The Morgan fingerprint density at radius 3 is 2.58 bits per heavy atom. The second kappa shape index (κ2) is 5.63. The van der Waals surface area contributed by atoms with Gasteiger partial charge >= 0.3 is 0 Å². The largest absolute Gasteiger partial charge is 0.497 e. The van der Waals surface area contributed by atoms with Gasteiger partial charge in [0, 0.05) is 10.5 Å². The summed E-state index contributed by atoms with van der Waals surface area (Å²) in [7, 11) is 3.03. The number of carbonyl (C=O) groups excluding carboxylic acids is 1. The maximum atomic E-state index is 12.5. The highest BCUT2D eigenvalue weighted by Crippen LogP contribution is 2.34. The predicted octanol–water partition coefficient (Wildman–Crippen LogP) is 3.34. The fourth-order valence-corrected chi connectivity index (χ4v) is 3.16. The summed E-state index contributed by atoms with van der Waals surface area (Å²) >= 11 is 4.70. The van der Waals surface area contributed by atoms with Gasteiger partial charge in [-0.3, -0.25) is 4.79 Å². The molecule has 19 heavy (non-hydrogen) atoms. The van der Waals surface area contributed by atoms with Crippen LogP contribution in [0.2, 0.25) is 0 Å². The average Bonchev–Trinajstić information content (AvgIpc) is 2.84. The molecule has 1 heterocycles. The number of ether oxygens (including phenoxy) is 2. The molecule has 1 aromatic carbocycles. The lowest BCUT2D eigenvalue weighted by atomic mass is 10.1. The highest BCUT2D eigenvalue weighted by Gasteiger charge is 2.20. The van der Waals surface area contributed by atoms with E-state index in [0.29, 0.717) is 27.6 Å². The Bertz CT molecular complexity index is 624. The van der Waals surface area contributed by atoms with Crippen LogP contribution in [0.4, 0.5) is 5.69 Å². The van der Waals surface area contributed by atoms with Crippen molar-refractivity contribution in [3.63, 3.8) is 0 Å². The molecular weight excluding hydrogens is 330 g/mol. The average molecular weight is 342 g/mol. The number of rotatable bonds is 4. The third-order valence-electron chi connectivity index (χ3n) is 2.64. The molecule has 0 aliphatic rings. The molecule has 0 aliphatic carbocycles. The molecule has 2 aromatic rings. The van der Waals surface area contributed by atoms with E-state index in [1.54, 1.807) is 12.1 Å². The smallest absolute Gasteiger partial charge is 0.206 e. The van der Waals surface area contributed by atoms with E-state index in [4.69, 9.17) is 15.2 Å². The van der Waals surface area contributed by atoms with Crippen LogP contribution < -0.4 is 15.2 Å². The number of anilines is 1. The zero-order chi connectivity index (χ0) is 14.0. The van der Waals surface area contributed by atoms with Gasteiger partial charge in [0.05, 0.1) is 30.3 Å². The van der Waals surface area contributed by atoms with Crippen LogP contribution in [0, 0.1) is 0 Å². The molecule has 0 radical (unpaired) electrons. The molecule has 0 saturated heterocycles. The van der Waals surface area contributed by atoms with E-state index in [0.717, 1.165) is 4.47 Å². The summed E-state index contributed by atoms with van der Waals surface area (Å²) in [6, 6.07) is 5.09. The van der Waals surface area contributed by atoms with E-state index in [9.17, 15) is 4.79 Å². The van der Waals surface area contributed by atoms with Gasteiger partial charge in [-0.15, -0.1) is 11.3 Å². The summed E-state index contributed by atoms with van der Waals surface area (Å²) in [5.41, 5.74) is 6.65. The first-order valence-electron chi connectivity index (χ1n) is 5.37. The van der Waals surface area contributed by atoms with E-state index < -0.39 is 0 Å². The maximum absolute atomic E-state index is 12.5. The summed E-state index contributed by atoms with van der Waals surface area (Å²) < 4.78 is 11.1. The highest BCUT2D eigenvalue weighted by atomic mass is 79.9. The molecule has 6 heteroatoms. The molecule has 1 aromatic heterocycles. The Hall–Kier alpha value is -1.53. The van der Waals surface area contributed by atoms with Gasteiger partial charge in [0.2, 0.25) is 5.78 Å². The highest BCUT2D eigenvalue weighted by molar-refractivity contribution is 9.10. The van der Waals surface area contributed by atoms with E-state index >= 15 is 0 Å². The van der Waals surface area contributed by atoms with E-state index in [2.05, 4.69) is 15.9 Å². The molecule has 2 N–H and O–H groups in total. The van der Waals surface area contributed by atoms with Gasteiger partial charge in [-0.05, 0) is 33.4 Å².